The highest BCUT2D eigenvalue weighted by molar-refractivity contribution is 7.47. The first kappa shape index (κ1) is 98.1. The molecular formula is C81H158O17P2. The molecule has 5 atom stereocenters. The summed E-state index contributed by atoms with van der Waals surface area (Å²) in [6.07, 6.45) is 65.4. The molecule has 0 aliphatic carbocycles. The van der Waals surface area contributed by atoms with Crippen molar-refractivity contribution in [1.82, 2.24) is 0 Å². The molecule has 17 nitrogen and oxygen atoms in total. The van der Waals surface area contributed by atoms with Gasteiger partial charge in [-0.05, 0) is 31.6 Å². The predicted octanol–water partition coefficient (Wildman–Crippen LogP) is 24.4. The van der Waals surface area contributed by atoms with Crippen molar-refractivity contribution in [2.24, 2.45) is 5.92 Å². The Balaban J connectivity index is 5.17. The molecule has 0 spiro atoms. The zero-order valence-corrected chi connectivity index (χ0v) is 67.1. The predicted molar refractivity (Wildman–Crippen MR) is 409 cm³/mol. The van der Waals surface area contributed by atoms with Crippen molar-refractivity contribution >= 4 is 39.5 Å². The van der Waals surface area contributed by atoms with Crippen LogP contribution in [0.2, 0.25) is 0 Å². The van der Waals surface area contributed by atoms with E-state index in [-0.39, 0.29) is 25.7 Å². The second kappa shape index (κ2) is 73.9. The van der Waals surface area contributed by atoms with Crippen molar-refractivity contribution in [3.05, 3.63) is 0 Å². The standard InChI is InChI=1S/C81H158O17P2/c1-6-9-12-15-18-20-22-24-26-28-30-33-37-41-45-50-55-60-65-79(84)92-71-77(98-81(86)67-62-57-52-47-43-39-35-31-32-36-40-44-49-53-58-63-74(4)5)73-96-100(89,90)94-69-75(82)68-93-99(87,88)95-72-76(70-91-78(83)64-59-54-48-17-14-11-8-3)97-80(85)66-61-56-51-46-42-38-34-29-27-25-23-21-19-16-13-10-7-2/h74-77,82H,6-73H2,1-5H3,(H,87,88)(H,89,90)/t75-,76+,77+/m0/s1. The van der Waals surface area contributed by atoms with Crippen LogP contribution in [0.1, 0.15) is 433 Å². The Morgan fingerprint density at radius 1 is 0.270 bits per heavy atom. The van der Waals surface area contributed by atoms with Crippen LogP contribution in [-0.4, -0.2) is 96.7 Å². The molecule has 594 valence electrons. The zero-order valence-electron chi connectivity index (χ0n) is 65.3. The van der Waals surface area contributed by atoms with Crippen molar-refractivity contribution in [2.45, 2.75) is 451 Å². The van der Waals surface area contributed by atoms with Crippen molar-refractivity contribution in [3.8, 4) is 0 Å². The van der Waals surface area contributed by atoms with Gasteiger partial charge in [-0.25, -0.2) is 9.13 Å². The number of phosphoric acid groups is 2. The summed E-state index contributed by atoms with van der Waals surface area (Å²) in [5.41, 5.74) is 0. The lowest BCUT2D eigenvalue weighted by atomic mass is 10.0. The highest BCUT2D eigenvalue weighted by atomic mass is 31.2. The van der Waals surface area contributed by atoms with E-state index >= 15 is 0 Å². The third kappa shape index (κ3) is 74.3. The summed E-state index contributed by atoms with van der Waals surface area (Å²) in [4.78, 5) is 72.9. The molecule has 0 aromatic carbocycles. The molecular weight excluding hydrogens is 1310 g/mol. The maximum Gasteiger partial charge on any atom is 0.472 e. The second-order valence-electron chi connectivity index (χ2n) is 29.6. The summed E-state index contributed by atoms with van der Waals surface area (Å²) in [7, 11) is -9.91. The molecule has 0 fully saturated rings. The van der Waals surface area contributed by atoms with Gasteiger partial charge in [0.2, 0.25) is 0 Å². The highest BCUT2D eigenvalue weighted by Crippen LogP contribution is 2.45. The first-order valence-electron chi connectivity index (χ1n) is 42.1. The Kier molecular flexibility index (Phi) is 72.5. The number of esters is 4. The van der Waals surface area contributed by atoms with Crippen LogP contribution in [0.4, 0.5) is 0 Å². The first-order chi connectivity index (χ1) is 48.5. The van der Waals surface area contributed by atoms with E-state index in [1.54, 1.807) is 0 Å². The van der Waals surface area contributed by atoms with Gasteiger partial charge in [-0.1, -0.05) is 381 Å². The third-order valence-corrected chi connectivity index (χ3v) is 20.9. The van der Waals surface area contributed by atoms with Gasteiger partial charge in [0.1, 0.15) is 19.3 Å². The third-order valence-electron chi connectivity index (χ3n) is 19.0. The molecule has 0 aromatic heterocycles. The molecule has 0 aliphatic rings. The van der Waals surface area contributed by atoms with Gasteiger partial charge in [0.15, 0.2) is 12.2 Å². The van der Waals surface area contributed by atoms with Crippen LogP contribution in [0.25, 0.3) is 0 Å². The van der Waals surface area contributed by atoms with Gasteiger partial charge in [0.25, 0.3) is 0 Å². The number of hydrogen-bond donors (Lipinski definition) is 3. The fourth-order valence-corrected chi connectivity index (χ4v) is 14.2. The summed E-state index contributed by atoms with van der Waals surface area (Å²) in [6.45, 7) is 7.32. The lowest BCUT2D eigenvalue weighted by Crippen LogP contribution is -2.30. The molecule has 0 rings (SSSR count). The van der Waals surface area contributed by atoms with Crippen LogP contribution in [0.15, 0.2) is 0 Å². The minimum Gasteiger partial charge on any atom is -0.462 e. The number of rotatable bonds is 81. The molecule has 2 unspecified atom stereocenters. The molecule has 0 amide bonds. The molecule has 0 bridgehead atoms. The number of aliphatic hydroxyl groups is 1. The SMILES string of the molecule is CCCCCCCCCCCCCCCCCCCCC(=O)OC[C@H](COP(=O)(O)OC[C@@H](O)COP(=O)(O)OC[C@@H](COC(=O)CCCCCCCCC)OC(=O)CCCCCCCCCCCCCCCCCCC)OC(=O)CCCCCCCCCCCCCCCCCC(C)C. The van der Waals surface area contributed by atoms with Gasteiger partial charge in [0.05, 0.1) is 26.4 Å². The van der Waals surface area contributed by atoms with Gasteiger partial charge >= 0.3 is 39.5 Å². The highest BCUT2D eigenvalue weighted by Gasteiger charge is 2.30. The largest absolute Gasteiger partial charge is 0.472 e. The van der Waals surface area contributed by atoms with Gasteiger partial charge in [-0.3, -0.25) is 37.3 Å². The average Bonchev–Trinajstić information content (AvgIpc) is 0.943. The molecule has 0 radical (unpaired) electrons. The number of unbranched alkanes of at least 4 members (excludes halogenated alkanes) is 53. The minimum absolute atomic E-state index is 0.108. The van der Waals surface area contributed by atoms with E-state index in [1.807, 2.05) is 0 Å². The minimum atomic E-state index is -4.96. The molecule has 0 heterocycles. The molecule has 100 heavy (non-hydrogen) atoms. The van der Waals surface area contributed by atoms with Gasteiger partial charge in [0, 0.05) is 25.7 Å². The Hall–Kier alpha value is -1.94. The normalized spacial score (nSPS) is 13.8. The monoisotopic (exact) mass is 1470 g/mol. The lowest BCUT2D eigenvalue weighted by Gasteiger charge is -2.21. The average molecular weight is 1470 g/mol. The lowest BCUT2D eigenvalue weighted by molar-refractivity contribution is -0.161. The van der Waals surface area contributed by atoms with E-state index in [1.165, 1.54) is 244 Å². The van der Waals surface area contributed by atoms with Crippen LogP contribution < -0.4 is 0 Å². The maximum absolute atomic E-state index is 13.1. The van der Waals surface area contributed by atoms with Crippen molar-refractivity contribution in [3.63, 3.8) is 0 Å². The van der Waals surface area contributed by atoms with Gasteiger partial charge < -0.3 is 33.8 Å². The fourth-order valence-electron chi connectivity index (χ4n) is 12.6. The number of aliphatic hydroxyl groups excluding tert-OH is 1. The Labute approximate surface area is 613 Å². The number of phosphoric ester groups is 2. The molecule has 0 aromatic rings. The molecule has 19 heteroatoms. The van der Waals surface area contributed by atoms with E-state index in [2.05, 4.69) is 34.6 Å². The Bertz CT molecular complexity index is 1910. The van der Waals surface area contributed by atoms with Crippen molar-refractivity contribution < 1.29 is 80.2 Å². The quantitative estimate of drug-likeness (QED) is 0.0222. The van der Waals surface area contributed by atoms with Gasteiger partial charge in [-0.15, -0.1) is 0 Å². The number of carbonyl (C=O) groups excluding carboxylic acids is 4. The zero-order chi connectivity index (χ0) is 73.4. The van der Waals surface area contributed by atoms with E-state index in [4.69, 9.17) is 37.0 Å². The van der Waals surface area contributed by atoms with Crippen molar-refractivity contribution in [1.29, 1.82) is 0 Å². The number of hydrogen-bond acceptors (Lipinski definition) is 15. The summed E-state index contributed by atoms with van der Waals surface area (Å²) < 4.78 is 68.6. The second-order valence-corrected chi connectivity index (χ2v) is 32.5. The van der Waals surface area contributed by atoms with Crippen molar-refractivity contribution in [2.75, 3.05) is 39.6 Å². The Morgan fingerprint density at radius 2 is 0.460 bits per heavy atom. The molecule has 3 N–H and O–H groups in total. The van der Waals surface area contributed by atoms with E-state index in [9.17, 15) is 43.2 Å². The summed E-state index contributed by atoms with van der Waals surface area (Å²) >= 11 is 0. The van der Waals surface area contributed by atoms with E-state index in [0.717, 1.165) is 109 Å². The number of carbonyl (C=O) groups is 4. The van der Waals surface area contributed by atoms with E-state index < -0.39 is 97.5 Å². The maximum atomic E-state index is 13.1. The van der Waals surface area contributed by atoms with Crippen LogP contribution in [0.5, 0.6) is 0 Å². The van der Waals surface area contributed by atoms with E-state index in [0.29, 0.717) is 25.7 Å². The van der Waals surface area contributed by atoms with Gasteiger partial charge in [-0.2, -0.15) is 0 Å². The number of ether oxygens (including phenoxy) is 4. The van der Waals surface area contributed by atoms with Crippen LogP contribution >= 0.6 is 15.6 Å². The summed E-state index contributed by atoms with van der Waals surface area (Å²) in [5.74, 6) is -1.31. The first-order valence-corrected chi connectivity index (χ1v) is 45.1. The van der Waals surface area contributed by atoms with Crippen LogP contribution in [0, 0.1) is 5.92 Å². The molecule has 0 aliphatic heterocycles. The Morgan fingerprint density at radius 3 is 0.680 bits per heavy atom. The summed E-state index contributed by atoms with van der Waals surface area (Å²) in [5, 5.41) is 10.6. The van der Waals surface area contributed by atoms with Crippen LogP contribution in [0.3, 0.4) is 0 Å². The smallest absolute Gasteiger partial charge is 0.462 e. The molecule has 0 saturated heterocycles. The summed E-state index contributed by atoms with van der Waals surface area (Å²) in [6, 6.07) is 0. The van der Waals surface area contributed by atoms with Crippen LogP contribution in [-0.2, 0) is 65.4 Å². The topological polar surface area (TPSA) is 237 Å². The molecule has 0 saturated carbocycles. The fraction of sp³-hybridized carbons (Fsp3) is 0.951.